The van der Waals surface area contributed by atoms with Crippen molar-refractivity contribution in [3.05, 3.63) is 50.9 Å². The predicted molar refractivity (Wildman–Crippen MR) is 101 cm³/mol. The van der Waals surface area contributed by atoms with E-state index < -0.39 is 0 Å². The zero-order valence-corrected chi connectivity index (χ0v) is 16.5. The smallest absolute Gasteiger partial charge is 0.204 e. The first-order valence-corrected chi connectivity index (χ1v) is 9.32. The molecule has 2 aliphatic rings. The molecule has 0 radical (unpaired) electrons. The standard InChI is InChI=1S/C19H17Cl2NO6/c1-25-16-3-2-11(15(23)4-12-13(20)5-22(24)6-14(12)21)17-18(16)28-10-19(9-27-17)7-26-8-19/h2-3,5-6H,4,7-10H2,1H3. The molecule has 9 heteroatoms. The number of hydrogen-bond donors (Lipinski definition) is 0. The van der Waals surface area contributed by atoms with Crippen molar-refractivity contribution in [1.29, 1.82) is 0 Å². The van der Waals surface area contributed by atoms with Gasteiger partial charge in [-0.25, -0.2) is 0 Å². The van der Waals surface area contributed by atoms with Crippen LogP contribution in [-0.4, -0.2) is 39.3 Å². The van der Waals surface area contributed by atoms with Crippen LogP contribution < -0.4 is 18.9 Å². The molecule has 2 aromatic rings. The molecule has 0 amide bonds. The third-order valence-corrected chi connectivity index (χ3v) is 5.50. The van der Waals surface area contributed by atoms with Crippen LogP contribution in [-0.2, 0) is 11.2 Å². The maximum atomic E-state index is 13.0. The molecule has 2 aliphatic heterocycles. The van der Waals surface area contributed by atoms with Crippen molar-refractivity contribution in [3.63, 3.8) is 0 Å². The Labute approximate surface area is 171 Å². The number of Topliss-reactive ketones (excluding diaryl/α,β-unsaturated/α-hetero) is 1. The van der Waals surface area contributed by atoms with Gasteiger partial charge >= 0.3 is 0 Å². The van der Waals surface area contributed by atoms with Gasteiger partial charge in [0.25, 0.3) is 0 Å². The fourth-order valence-electron chi connectivity index (χ4n) is 3.21. The SMILES string of the molecule is COc1ccc(C(=O)Cc2c(Cl)c[n+]([O-])cc2Cl)c2c1OCC1(COC1)CO2. The van der Waals surface area contributed by atoms with Crippen LogP contribution in [0.2, 0.25) is 10.0 Å². The van der Waals surface area contributed by atoms with Crippen molar-refractivity contribution in [2.45, 2.75) is 6.42 Å². The van der Waals surface area contributed by atoms with Crippen LogP contribution in [0.4, 0.5) is 0 Å². The summed E-state index contributed by atoms with van der Waals surface area (Å²) in [5, 5.41) is 11.7. The van der Waals surface area contributed by atoms with E-state index >= 15 is 0 Å². The van der Waals surface area contributed by atoms with E-state index in [2.05, 4.69) is 0 Å². The maximum absolute atomic E-state index is 13.0. The number of ether oxygens (including phenoxy) is 4. The number of aromatic nitrogens is 1. The Bertz CT molecular complexity index is 921. The fraction of sp³-hybridized carbons (Fsp3) is 0.368. The lowest BCUT2D eigenvalue weighted by Gasteiger charge is -2.38. The van der Waals surface area contributed by atoms with Crippen LogP contribution in [0.5, 0.6) is 17.2 Å². The molecule has 0 N–H and O–H groups in total. The fourth-order valence-corrected chi connectivity index (χ4v) is 3.79. The molecule has 0 bridgehead atoms. The van der Waals surface area contributed by atoms with Crippen molar-refractivity contribution >= 4 is 29.0 Å². The van der Waals surface area contributed by atoms with Gasteiger partial charge in [0, 0.05) is 12.0 Å². The van der Waals surface area contributed by atoms with Crippen molar-refractivity contribution < 1.29 is 28.5 Å². The summed E-state index contributed by atoms with van der Waals surface area (Å²) in [7, 11) is 1.52. The first kappa shape index (κ1) is 19.1. The third kappa shape index (κ3) is 3.34. The summed E-state index contributed by atoms with van der Waals surface area (Å²) in [6, 6.07) is 3.28. The highest BCUT2D eigenvalue weighted by molar-refractivity contribution is 6.36. The van der Waals surface area contributed by atoms with E-state index in [1.807, 2.05) is 0 Å². The van der Waals surface area contributed by atoms with E-state index in [1.165, 1.54) is 7.11 Å². The summed E-state index contributed by atoms with van der Waals surface area (Å²) < 4.78 is 23.1. The van der Waals surface area contributed by atoms with Crippen LogP contribution in [0.3, 0.4) is 0 Å². The van der Waals surface area contributed by atoms with Gasteiger partial charge in [0.15, 0.2) is 29.7 Å². The highest BCUT2D eigenvalue weighted by atomic mass is 35.5. The summed E-state index contributed by atoms with van der Waals surface area (Å²) in [4.78, 5) is 13.0. The molecule has 1 aromatic heterocycles. The summed E-state index contributed by atoms with van der Waals surface area (Å²) in [6.45, 7) is 1.86. The molecule has 0 unspecified atom stereocenters. The lowest BCUT2D eigenvalue weighted by Crippen LogP contribution is -2.50. The average molecular weight is 426 g/mol. The van der Waals surface area contributed by atoms with Crippen LogP contribution in [0.1, 0.15) is 15.9 Å². The Kier molecular flexibility index (Phi) is 4.99. The van der Waals surface area contributed by atoms with Crippen molar-refractivity contribution in [1.82, 2.24) is 0 Å². The Morgan fingerprint density at radius 2 is 1.79 bits per heavy atom. The second-order valence-electron chi connectivity index (χ2n) is 6.94. The zero-order valence-electron chi connectivity index (χ0n) is 15.0. The van der Waals surface area contributed by atoms with Gasteiger partial charge < -0.3 is 24.2 Å². The highest BCUT2D eigenvalue weighted by Gasteiger charge is 2.43. The number of fused-ring (bicyclic) bond motifs is 1. The number of carbonyl (C=O) groups excluding carboxylic acids is 1. The molecule has 1 fully saturated rings. The van der Waals surface area contributed by atoms with E-state index in [-0.39, 0.29) is 27.7 Å². The van der Waals surface area contributed by atoms with Crippen LogP contribution >= 0.6 is 23.2 Å². The molecule has 1 aromatic carbocycles. The summed E-state index contributed by atoms with van der Waals surface area (Å²) in [6.07, 6.45) is 2.23. The number of carbonyl (C=O) groups is 1. The minimum absolute atomic E-state index is 0.0884. The lowest BCUT2D eigenvalue weighted by atomic mass is 9.88. The van der Waals surface area contributed by atoms with E-state index in [0.29, 0.717) is 59.5 Å². The van der Waals surface area contributed by atoms with E-state index in [1.54, 1.807) is 12.1 Å². The normalized spacial score (nSPS) is 17.0. The number of ketones is 1. The zero-order chi connectivity index (χ0) is 19.9. The molecule has 7 nitrogen and oxygen atoms in total. The number of rotatable bonds is 4. The van der Waals surface area contributed by atoms with Gasteiger partial charge in [0.05, 0.1) is 31.3 Å². The van der Waals surface area contributed by atoms with E-state index in [0.717, 1.165) is 12.4 Å². The van der Waals surface area contributed by atoms with Gasteiger partial charge in [0.1, 0.15) is 23.3 Å². The highest BCUT2D eigenvalue weighted by Crippen LogP contribution is 2.45. The Morgan fingerprint density at radius 3 is 2.36 bits per heavy atom. The monoisotopic (exact) mass is 425 g/mol. The number of halogens is 2. The van der Waals surface area contributed by atoms with Crippen molar-refractivity contribution in [3.8, 4) is 17.2 Å². The number of methoxy groups -OCH3 is 1. The Hall–Kier alpha value is -2.22. The number of hydrogen-bond acceptors (Lipinski definition) is 6. The molecule has 4 rings (SSSR count). The van der Waals surface area contributed by atoms with Crippen molar-refractivity contribution in [2.75, 3.05) is 33.5 Å². The first-order valence-electron chi connectivity index (χ1n) is 8.57. The molecular formula is C19H17Cl2NO6. The summed E-state index contributed by atoms with van der Waals surface area (Å²) in [5.41, 5.74) is 0.487. The molecule has 0 aliphatic carbocycles. The Morgan fingerprint density at radius 1 is 1.14 bits per heavy atom. The quantitative estimate of drug-likeness (QED) is 0.425. The number of pyridine rings is 1. The van der Waals surface area contributed by atoms with Crippen LogP contribution in [0.25, 0.3) is 0 Å². The topological polar surface area (TPSA) is 80.9 Å². The van der Waals surface area contributed by atoms with E-state index in [4.69, 9.17) is 42.1 Å². The number of nitrogens with zero attached hydrogens (tertiary/aromatic N) is 1. The van der Waals surface area contributed by atoms with Gasteiger partial charge in [-0.3, -0.25) is 4.79 Å². The van der Waals surface area contributed by atoms with E-state index in [9.17, 15) is 10.0 Å². The minimum atomic E-state index is -0.268. The predicted octanol–water partition coefficient (Wildman–Crippen LogP) is 2.85. The first-order chi connectivity index (χ1) is 13.4. The molecule has 0 saturated carbocycles. The molecule has 3 heterocycles. The summed E-state index contributed by atoms with van der Waals surface area (Å²) >= 11 is 12.2. The van der Waals surface area contributed by atoms with Gasteiger partial charge in [-0.1, -0.05) is 23.2 Å². The van der Waals surface area contributed by atoms with Gasteiger partial charge in [0.2, 0.25) is 5.75 Å². The molecular weight excluding hydrogens is 409 g/mol. The van der Waals surface area contributed by atoms with Gasteiger partial charge in [-0.05, 0) is 12.1 Å². The maximum Gasteiger partial charge on any atom is 0.204 e. The lowest BCUT2D eigenvalue weighted by molar-refractivity contribution is -0.605. The molecule has 1 spiro atoms. The van der Waals surface area contributed by atoms with Crippen LogP contribution in [0.15, 0.2) is 24.5 Å². The molecule has 0 atom stereocenters. The summed E-state index contributed by atoms with van der Waals surface area (Å²) in [5.74, 6) is 0.928. The van der Waals surface area contributed by atoms with Crippen molar-refractivity contribution in [2.24, 2.45) is 5.41 Å². The molecule has 148 valence electrons. The second kappa shape index (κ2) is 7.31. The molecule has 28 heavy (non-hydrogen) atoms. The van der Waals surface area contributed by atoms with Crippen LogP contribution in [0, 0.1) is 10.6 Å². The number of benzene rings is 1. The minimum Gasteiger partial charge on any atom is -0.619 e. The van der Waals surface area contributed by atoms with Gasteiger partial charge in [-0.2, -0.15) is 4.73 Å². The average Bonchev–Trinajstić information content (AvgIpc) is 2.84. The second-order valence-corrected chi connectivity index (χ2v) is 7.75. The third-order valence-electron chi connectivity index (χ3n) is 4.85. The Balaban J connectivity index is 1.68. The largest absolute Gasteiger partial charge is 0.619 e. The van der Waals surface area contributed by atoms with Gasteiger partial charge in [-0.15, -0.1) is 0 Å². The molecule has 1 saturated heterocycles.